The van der Waals surface area contributed by atoms with Crippen molar-refractivity contribution in [2.75, 3.05) is 9.62 Å². The average Bonchev–Trinajstić information content (AvgIpc) is 1.62. The molecule has 130 heavy (non-hydrogen) atoms. The molecule has 8 aromatic carbocycles. The Hall–Kier alpha value is -7.87. The zero-order chi connectivity index (χ0) is 95.2. The van der Waals surface area contributed by atoms with Crippen LogP contribution in [0.3, 0.4) is 0 Å². The van der Waals surface area contributed by atoms with E-state index >= 15 is 0 Å². The quantitative estimate of drug-likeness (QED) is 0.0292. The van der Waals surface area contributed by atoms with Gasteiger partial charge in [0.05, 0.1) is 0 Å². The standard InChI is InChI=1S/4C26H36BN2.C6H10.C6H14.2Ga/c4*1-17(2)21-11-9-12-22(18(3)4)25(21)28-15-16-29(27-28)26-23(19(5)6)13-10-14-24(26)20(7)8;1-5(2)6(3)4;1-3-5-6-4-2;;/h4*9-20H,1-8H3;1,3H2,2,4H3;3-6H2,1-2H3;;/q-1;3*+1;-2;;;/b;;;;6-5+;;;. The number of rotatable bonds is 27. The SMILES string of the molecule is CC(C)c1cccc(C(C)C)c1-n1b[n+](-c2c(C(C)C)cccc2C(C)C)cc1.CC(C)c1cccc(C(C)C)c1-n1b[n+](-c2c(C(C)C)cccc2C(C)C)cc1.CC(C)c1cccc(C(C)C)c1-n1b[n+](-c2c(C(C)C)cccc2C(C)C)cc1.CC(C)c1cccc(C(C)C)c1N1[B-]N(c2c(C(C)C)cccc2C(C)C)C=C1.CCCCCC.[CH2-]/C(C)=C(/[CH2-])C.[Ga].[Ga]. The molecule has 8 nitrogen and oxygen atoms in total. The van der Waals surface area contributed by atoms with Gasteiger partial charge in [0.2, 0.25) is 0 Å². The van der Waals surface area contributed by atoms with Gasteiger partial charge in [-0.05, 0) is 58.3 Å². The van der Waals surface area contributed by atoms with Crippen LogP contribution in [0.1, 0.15) is 459 Å². The van der Waals surface area contributed by atoms with Gasteiger partial charge >= 0.3 is 533 Å². The summed E-state index contributed by atoms with van der Waals surface area (Å²) in [5.41, 5.74) is 35.3. The number of benzene rings is 8. The summed E-state index contributed by atoms with van der Waals surface area (Å²) in [5.74, 6) is 7.68. The van der Waals surface area contributed by atoms with Crippen LogP contribution in [0.15, 0.2) is 206 Å². The molecule has 3 aromatic heterocycles. The average molecular weight is 1860 g/mol. The van der Waals surface area contributed by atoms with Crippen molar-refractivity contribution in [1.82, 2.24) is 13.4 Å². The Labute approximate surface area is 823 Å². The maximum Gasteiger partial charge on any atom is 0.00413 e. The number of para-hydroxylation sites is 8. The maximum atomic E-state index is 3.66. The monoisotopic (exact) mass is 1860 g/mol. The van der Waals surface area contributed by atoms with Gasteiger partial charge in [-0.2, -0.15) is 0 Å². The first-order valence-corrected chi connectivity index (χ1v) is 49.2. The van der Waals surface area contributed by atoms with Gasteiger partial charge in [-0.3, -0.25) is 0 Å². The molecular formula is C116H168B4Ga2N8. The summed E-state index contributed by atoms with van der Waals surface area (Å²) in [6, 6.07) is 54.1. The second kappa shape index (κ2) is 52.7. The van der Waals surface area contributed by atoms with E-state index in [0.717, 1.165) is 11.1 Å². The van der Waals surface area contributed by atoms with E-state index in [-0.39, 0.29) is 39.6 Å². The molecule has 0 bridgehead atoms. The van der Waals surface area contributed by atoms with Crippen molar-refractivity contribution in [2.24, 2.45) is 0 Å². The summed E-state index contributed by atoms with van der Waals surface area (Å²) in [6.45, 7) is 88.7. The number of hydrogen-bond donors (Lipinski definition) is 0. The molecule has 1 aliphatic heterocycles. The van der Waals surface area contributed by atoms with E-state index < -0.39 is 0 Å². The van der Waals surface area contributed by atoms with Crippen LogP contribution in [-0.4, -0.2) is 82.1 Å². The van der Waals surface area contributed by atoms with E-state index in [2.05, 4.69) is 510 Å². The van der Waals surface area contributed by atoms with Crippen molar-refractivity contribution in [2.45, 2.75) is 370 Å². The summed E-state index contributed by atoms with van der Waals surface area (Å²) >= 11 is 0. The second-order valence-electron chi connectivity index (χ2n) is 40.9. The predicted molar refractivity (Wildman–Crippen MR) is 575 cm³/mol. The molecule has 0 atom stereocenters. The molecular weight excluding hydrogens is 1690 g/mol. The first-order chi connectivity index (χ1) is 60.4. The van der Waals surface area contributed by atoms with Crippen molar-refractivity contribution >= 4 is 80.1 Å². The molecule has 0 saturated heterocycles. The van der Waals surface area contributed by atoms with Gasteiger partial charge in [0.25, 0.3) is 0 Å². The third-order valence-corrected chi connectivity index (χ3v) is 25.0. The third kappa shape index (κ3) is 28.8. The summed E-state index contributed by atoms with van der Waals surface area (Å²) in [7, 11) is 9.06. The van der Waals surface area contributed by atoms with Gasteiger partial charge in [0.15, 0.2) is 0 Å². The van der Waals surface area contributed by atoms with E-state index in [0.29, 0.717) is 94.7 Å². The van der Waals surface area contributed by atoms with Crippen molar-refractivity contribution in [3.8, 4) is 34.1 Å². The minimum atomic E-state index is 0. The Morgan fingerprint density at radius 2 is 0.400 bits per heavy atom. The minimum Gasteiger partial charge on any atom is -0.564 e. The number of unbranched alkanes of at least 4 members (excludes halogenated alkanes) is 3. The Balaban J connectivity index is 0.000000292. The fourth-order valence-corrected chi connectivity index (χ4v) is 17.5. The van der Waals surface area contributed by atoms with Gasteiger partial charge in [-0.15, -0.1) is 13.8 Å². The second-order valence-corrected chi connectivity index (χ2v) is 40.9. The minimum absolute atomic E-state index is 0. The molecule has 1 aliphatic rings. The maximum absolute atomic E-state index is 3.66. The van der Waals surface area contributed by atoms with Crippen LogP contribution in [0, 0.1) is 13.8 Å². The number of nitrogens with zero attached hydrogens (tertiary/aromatic N) is 8. The zero-order valence-corrected chi connectivity index (χ0v) is 92.8. The van der Waals surface area contributed by atoms with Crippen LogP contribution in [0.4, 0.5) is 11.4 Å². The van der Waals surface area contributed by atoms with Gasteiger partial charge in [-0.25, -0.2) is 0 Å². The number of hydrogen-bond acceptors (Lipinski definition) is 2. The largest absolute Gasteiger partial charge is 0.564 e. The molecule has 12 rings (SSSR count). The zero-order valence-electron chi connectivity index (χ0n) is 88.0. The fourth-order valence-electron chi connectivity index (χ4n) is 17.5. The van der Waals surface area contributed by atoms with E-state index in [1.165, 1.54) is 160 Å². The summed E-state index contributed by atoms with van der Waals surface area (Å²) in [6.07, 6.45) is 23.3. The molecule has 0 N–H and O–H groups in total. The van der Waals surface area contributed by atoms with Crippen LogP contribution in [0.5, 0.6) is 0 Å². The summed E-state index contributed by atoms with van der Waals surface area (Å²) in [5, 5.41) is 0. The topological polar surface area (TPSA) is 32.9 Å². The normalized spacial score (nSPS) is 12.2. The van der Waals surface area contributed by atoms with E-state index in [1.54, 1.807) is 0 Å². The molecule has 8 radical (unpaired) electrons. The van der Waals surface area contributed by atoms with Crippen molar-refractivity contribution in [3.05, 3.63) is 309 Å². The molecule has 690 valence electrons. The van der Waals surface area contributed by atoms with Crippen LogP contribution in [0.25, 0.3) is 34.1 Å². The van der Waals surface area contributed by atoms with Gasteiger partial charge in [-0.1, -0.05) is 139 Å². The van der Waals surface area contributed by atoms with Crippen LogP contribution >= 0.6 is 0 Å². The molecule has 0 unspecified atom stereocenters. The Kier molecular flexibility index (Phi) is 45.7. The van der Waals surface area contributed by atoms with Crippen molar-refractivity contribution in [1.29, 1.82) is 0 Å². The molecule has 14 heteroatoms. The van der Waals surface area contributed by atoms with Gasteiger partial charge in [0, 0.05) is 51.0 Å². The number of allylic oxidation sites excluding steroid dienone is 2. The predicted octanol–water partition coefficient (Wildman–Crippen LogP) is 31.1. The number of aromatic nitrogens is 6. The first-order valence-electron chi connectivity index (χ1n) is 49.2. The molecule has 11 aromatic rings. The van der Waals surface area contributed by atoms with Gasteiger partial charge < -0.3 is 34.6 Å². The van der Waals surface area contributed by atoms with E-state index in [4.69, 9.17) is 0 Å². The Bertz CT molecular complexity index is 4460. The third-order valence-electron chi connectivity index (χ3n) is 25.0. The smallest absolute Gasteiger partial charge is 0.00413 e. The molecule has 0 fully saturated rings. The molecule has 0 aliphatic carbocycles. The van der Waals surface area contributed by atoms with Crippen molar-refractivity contribution < 1.29 is 13.4 Å². The van der Waals surface area contributed by atoms with E-state index in [1.807, 2.05) is 13.8 Å². The number of anilines is 2. The Morgan fingerprint density at radius 3 is 0.538 bits per heavy atom. The Morgan fingerprint density at radius 1 is 0.254 bits per heavy atom. The summed E-state index contributed by atoms with van der Waals surface area (Å²) < 4.78 is 14.0. The first kappa shape index (κ1) is 113. The van der Waals surface area contributed by atoms with E-state index in [9.17, 15) is 0 Å². The summed E-state index contributed by atoms with van der Waals surface area (Å²) in [4.78, 5) is 4.65. The molecule has 0 saturated carbocycles. The van der Waals surface area contributed by atoms with Crippen LogP contribution in [-0.2, 0) is 0 Å². The molecule has 4 heterocycles. The fraction of sp³-hybridized carbons (Fsp3) is 0.483. The van der Waals surface area contributed by atoms with Gasteiger partial charge in [0.1, 0.15) is 0 Å². The van der Waals surface area contributed by atoms with Crippen molar-refractivity contribution in [3.63, 3.8) is 0 Å². The van der Waals surface area contributed by atoms with Crippen LogP contribution in [0.2, 0.25) is 0 Å². The van der Waals surface area contributed by atoms with Crippen LogP contribution < -0.4 is 23.0 Å². The molecule has 0 amide bonds. The molecule has 0 spiro atoms.